The average Bonchev–Trinajstić information content (AvgIpc) is 2.71. The molecule has 0 atom stereocenters. The normalized spacial score (nSPS) is 11.0. The zero-order chi connectivity index (χ0) is 14.2. The molecule has 1 heterocycles. The van der Waals surface area contributed by atoms with Gasteiger partial charge in [0.2, 0.25) is 0 Å². The van der Waals surface area contributed by atoms with Gasteiger partial charge in [-0.25, -0.2) is 9.18 Å². The van der Waals surface area contributed by atoms with Crippen molar-refractivity contribution in [3.8, 4) is 11.3 Å². The minimum atomic E-state index is -1.01. The zero-order valence-electron chi connectivity index (χ0n) is 10.5. The molecule has 0 fully saturated rings. The van der Waals surface area contributed by atoms with Crippen LogP contribution in [0.25, 0.3) is 11.3 Å². The van der Waals surface area contributed by atoms with Crippen LogP contribution in [0, 0.1) is 5.82 Å². The third-order valence-corrected chi connectivity index (χ3v) is 3.03. The van der Waals surface area contributed by atoms with Gasteiger partial charge in [0.05, 0.1) is 0 Å². The molecule has 3 nitrogen and oxygen atoms in total. The summed E-state index contributed by atoms with van der Waals surface area (Å²) in [5, 5.41) is 9.44. The van der Waals surface area contributed by atoms with E-state index in [1.165, 1.54) is 18.2 Å². The van der Waals surface area contributed by atoms with Gasteiger partial charge in [-0.15, -0.1) is 0 Å². The van der Waals surface area contributed by atoms with E-state index < -0.39 is 11.8 Å². The fraction of sp³-hybridized carbons (Fsp3) is 0.214. The largest absolute Gasteiger partial charge is 0.477 e. The molecule has 0 radical (unpaired) electrons. The lowest BCUT2D eigenvalue weighted by atomic mass is 10.1. The molecule has 0 aliphatic carbocycles. The molecule has 100 valence electrons. The van der Waals surface area contributed by atoms with E-state index in [1.807, 2.05) is 13.8 Å². The van der Waals surface area contributed by atoms with Gasteiger partial charge >= 0.3 is 5.97 Å². The molecule has 0 unspecified atom stereocenters. The molecule has 2 aromatic rings. The molecular formula is C14H13ClFNO2. The molecular weight excluding hydrogens is 269 g/mol. The number of carbonyl (C=O) groups is 1. The first kappa shape index (κ1) is 13.6. The summed E-state index contributed by atoms with van der Waals surface area (Å²) in [6.45, 7) is 3.74. The van der Waals surface area contributed by atoms with Gasteiger partial charge < -0.3 is 9.67 Å². The van der Waals surface area contributed by atoms with E-state index in [0.29, 0.717) is 11.3 Å². The van der Waals surface area contributed by atoms with Gasteiger partial charge in [0, 0.05) is 22.3 Å². The van der Waals surface area contributed by atoms with Gasteiger partial charge in [-0.1, -0.05) is 11.6 Å². The standard InChI is InChI=1S/C14H13ClFNO2/c1-8(2)17-12(3-4-13(17)14(18)19)9-5-10(15)7-11(16)6-9/h3-8H,1-2H3,(H,18,19). The lowest BCUT2D eigenvalue weighted by Gasteiger charge is -2.15. The lowest BCUT2D eigenvalue weighted by Crippen LogP contribution is -2.11. The number of carboxylic acid groups (broad SMARTS) is 1. The second-order valence-electron chi connectivity index (χ2n) is 4.53. The van der Waals surface area contributed by atoms with Crippen LogP contribution in [0.5, 0.6) is 0 Å². The van der Waals surface area contributed by atoms with Crippen molar-refractivity contribution in [3.63, 3.8) is 0 Å². The summed E-state index contributed by atoms with van der Waals surface area (Å²) >= 11 is 5.84. The van der Waals surface area contributed by atoms with Gasteiger partial charge in [0.15, 0.2) is 0 Å². The number of hydrogen-bond donors (Lipinski definition) is 1. The van der Waals surface area contributed by atoms with Crippen molar-refractivity contribution in [2.45, 2.75) is 19.9 Å². The molecule has 1 aromatic heterocycles. The van der Waals surface area contributed by atoms with Gasteiger partial charge in [0.1, 0.15) is 11.5 Å². The second kappa shape index (κ2) is 5.05. The Bertz CT molecular complexity index is 614. The Morgan fingerprint density at radius 2 is 2.00 bits per heavy atom. The number of nitrogens with zero attached hydrogens (tertiary/aromatic N) is 1. The molecule has 0 amide bonds. The van der Waals surface area contributed by atoms with Crippen molar-refractivity contribution in [2.24, 2.45) is 0 Å². The second-order valence-corrected chi connectivity index (χ2v) is 4.97. The molecule has 0 saturated heterocycles. The van der Waals surface area contributed by atoms with Crippen LogP contribution in [0.1, 0.15) is 30.4 Å². The van der Waals surface area contributed by atoms with Gasteiger partial charge in [-0.2, -0.15) is 0 Å². The van der Waals surface area contributed by atoms with E-state index in [-0.39, 0.29) is 16.8 Å². The number of carboxylic acids is 1. The molecule has 0 aliphatic heterocycles. The van der Waals surface area contributed by atoms with E-state index in [9.17, 15) is 9.18 Å². The minimum absolute atomic E-state index is 0.0573. The maximum Gasteiger partial charge on any atom is 0.352 e. The molecule has 19 heavy (non-hydrogen) atoms. The van der Waals surface area contributed by atoms with Crippen molar-refractivity contribution in [1.82, 2.24) is 4.57 Å². The monoisotopic (exact) mass is 281 g/mol. The summed E-state index contributed by atoms with van der Waals surface area (Å²) in [5.41, 5.74) is 1.37. The Balaban J connectivity index is 2.65. The molecule has 1 aromatic carbocycles. The Morgan fingerprint density at radius 1 is 1.32 bits per heavy atom. The third-order valence-electron chi connectivity index (χ3n) is 2.81. The van der Waals surface area contributed by atoms with Crippen LogP contribution in [0.2, 0.25) is 5.02 Å². The number of rotatable bonds is 3. The van der Waals surface area contributed by atoms with Gasteiger partial charge in [-0.3, -0.25) is 0 Å². The SMILES string of the molecule is CC(C)n1c(C(=O)O)ccc1-c1cc(F)cc(Cl)c1. The van der Waals surface area contributed by atoms with Crippen LogP contribution in [0.4, 0.5) is 4.39 Å². The summed E-state index contributed by atoms with van der Waals surface area (Å²) in [5.74, 6) is -1.46. The van der Waals surface area contributed by atoms with Crippen LogP contribution >= 0.6 is 11.6 Å². The van der Waals surface area contributed by atoms with E-state index in [2.05, 4.69) is 0 Å². The smallest absolute Gasteiger partial charge is 0.352 e. The summed E-state index contributed by atoms with van der Waals surface area (Å²) in [7, 11) is 0. The van der Waals surface area contributed by atoms with Crippen LogP contribution in [0.15, 0.2) is 30.3 Å². The number of aromatic carboxylic acids is 1. The van der Waals surface area contributed by atoms with Crippen molar-refractivity contribution < 1.29 is 14.3 Å². The Labute approximate surface area is 115 Å². The summed E-state index contributed by atoms with van der Waals surface area (Å²) < 4.78 is 15.0. The quantitative estimate of drug-likeness (QED) is 0.915. The fourth-order valence-electron chi connectivity index (χ4n) is 2.12. The van der Waals surface area contributed by atoms with E-state index in [0.717, 1.165) is 0 Å². The van der Waals surface area contributed by atoms with Crippen LogP contribution < -0.4 is 0 Å². The first-order valence-electron chi connectivity index (χ1n) is 5.81. The molecule has 2 rings (SSSR count). The highest BCUT2D eigenvalue weighted by Gasteiger charge is 2.17. The zero-order valence-corrected chi connectivity index (χ0v) is 11.3. The predicted molar refractivity (Wildman–Crippen MR) is 72.2 cm³/mol. The summed E-state index contributed by atoms with van der Waals surface area (Å²) in [6, 6.07) is 7.28. The summed E-state index contributed by atoms with van der Waals surface area (Å²) in [4.78, 5) is 11.2. The van der Waals surface area contributed by atoms with Crippen molar-refractivity contribution in [3.05, 3.63) is 46.9 Å². The lowest BCUT2D eigenvalue weighted by molar-refractivity contribution is 0.0683. The third kappa shape index (κ3) is 2.63. The summed E-state index contributed by atoms with van der Waals surface area (Å²) in [6.07, 6.45) is 0. The Morgan fingerprint density at radius 3 is 2.53 bits per heavy atom. The first-order chi connectivity index (χ1) is 8.90. The van der Waals surface area contributed by atoms with Crippen molar-refractivity contribution >= 4 is 17.6 Å². The number of benzene rings is 1. The van der Waals surface area contributed by atoms with Crippen molar-refractivity contribution in [2.75, 3.05) is 0 Å². The van der Waals surface area contributed by atoms with E-state index in [1.54, 1.807) is 16.7 Å². The maximum absolute atomic E-state index is 13.4. The van der Waals surface area contributed by atoms with Gasteiger partial charge in [0.25, 0.3) is 0 Å². The molecule has 5 heteroatoms. The van der Waals surface area contributed by atoms with Gasteiger partial charge in [-0.05, 0) is 44.2 Å². The van der Waals surface area contributed by atoms with E-state index in [4.69, 9.17) is 16.7 Å². The fourth-order valence-corrected chi connectivity index (χ4v) is 2.34. The predicted octanol–water partition coefficient (Wildman–Crippen LogP) is 4.23. The molecule has 0 aliphatic rings. The van der Waals surface area contributed by atoms with Crippen molar-refractivity contribution in [1.29, 1.82) is 0 Å². The molecule has 0 saturated carbocycles. The highest BCUT2D eigenvalue weighted by atomic mass is 35.5. The number of aromatic nitrogens is 1. The van der Waals surface area contributed by atoms with Crippen LogP contribution in [-0.2, 0) is 0 Å². The minimum Gasteiger partial charge on any atom is -0.477 e. The Kier molecular flexibility index (Phi) is 3.62. The Hall–Kier alpha value is -1.81. The maximum atomic E-state index is 13.4. The highest BCUT2D eigenvalue weighted by molar-refractivity contribution is 6.30. The van der Waals surface area contributed by atoms with E-state index >= 15 is 0 Å². The number of hydrogen-bond acceptors (Lipinski definition) is 1. The average molecular weight is 282 g/mol. The van der Waals surface area contributed by atoms with Crippen LogP contribution in [0.3, 0.4) is 0 Å². The number of halogens is 2. The van der Waals surface area contributed by atoms with Crippen LogP contribution in [-0.4, -0.2) is 15.6 Å². The molecule has 0 spiro atoms. The topological polar surface area (TPSA) is 42.2 Å². The first-order valence-corrected chi connectivity index (χ1v) is 6.19. The molecule has 0 bridgehead atoms. The highest BCUT2D eigenvalue weighted by Crippen LogP contribution is 2.29. The molecule has 1 N–H and O–H groups in total.